The number of carbonyl (C=O) groups excluding carboxylic acids is 1. The molecule has 2 aromatic rings. The molecule has 2 aliphatic heterocycles. The van der Waals surface area contributed by atoms with Crippen molar-refractivity contribution in [3.63, 3.8) is 0 Å². The van der Waals surface area contributed by atoms with Crippen molar-refractivity contribution in [2.24, 2.45) is 0 Å². The standard InChI is InChI=1S/C26H32ClN3O2/c1-26(2,3)20-6-9-22(10-7-20)30-15-16-32-24(25(30)31)17-19-5-8-21(27)18-23(19)29-13-11-28(4)12-14-29/h5-10,17-18H,11-16H2,1-4H3. The quantitative estimate of drug-likeness (QED) is 0.626. The second kappa shape index (κ2) is 9.16. The lowest BCUT2D eigenvalue weighted by Gasteiger charge is -2.35. The predicted molar refractivity (Wildman–Crippen MR) is 133 cm³/mol. The van der Waals surface area contributed by atoms with Gasteiger partial charge in [-0.3, -0.25) is 4.79 Å². The van der Waals surface area contributed by atoms with E-state index in [0.717, 1.165) is 43.1 Å². The van der Waals surface area contributed by atoms with Crippen LogP contribution >= 0.6 is 11.6 Å². The maximum Gasteiger partial charge on any atom is 0.293 e. The van der Waals surface area contributed by atoms with Crippen molar-refractivity contribution in [2.75, 3.05) is 56.2 Å². The molecular weight excluding hydrogens is 422 g/mol. The highest BCUT2D eigenvalue weighted by Gasteiger charge is 2.27. The Labute approximate surface area is 196 Å². The molecule has 170 valence electrons. The number of hydrogen-bond acceptors (Lipinski definition) is 4. The first-order chi connectivity index (χ1) is 15.2. The third-order valence-electron chi connectivity index (χ3n) is 6.20. The number of likely N-dealkylation sites (N-methyl/N-ethyl adjacent to an activating group) is 1. The van der Waals surface area contributed by atoms with Crippen LogP contribution in [0, 0.1) is 0 Å². The number of anilines is 2. The largest absolute Gasteiger partial charge is 0.486 e. The first-order valence-electron chi connectivity index (χ1n) is 11.2. The minimum absolute atomic E-state index is 0.0762. The summed E-state index contributed by atoms with van der Waals surface area (Å²) in [7, 11) is 2.13. The minimum Gasteiger partial charge on any atom is -0.486 e. The number of piperazine rings is 1. The number of nitrogens with zero attached hydrogens (tertiary/aromatic N) is 3. The van der Waals surface area contributed by atoms with Gasteiger partial charge in [-0.1, -0.05) is 50.6 Å². The molecule has 5 nitrogen and oxygen atoms in total. The molecule has 1 amide bonds. The monoisotopic (exact) mass is 453 g/mol. The number of morpholine rings is 1. The summed E-state index contributed by atoms with van der Waals surface area (Å²) in [6.07, 6.45) is 1.86. The Kier molecular flexibility index (Phi) is 6.50. The van der Waals surface area contributed by atoms with Gasteiger partial charge in [0.15, 0.2) is 5.76 Å². The van der Waals surface area contributed by atoms with Crippen LogP contribution in [0.3, 0.4) is 0 Å². The first kappa shape index (κ1) is 22.7. The van der Waals surface area contributed by atoms with Gasteiger partial charge in [-0.05, 0) is 48.4 Å². The van der Waals surface area contributed by atoms with Crippen molar-refractivity contribution >= 4 is 35.0 Å². The molecule has 0 aromatic heterocycles. The van der Waals surface area contributed by atoms with Crippen LogP contribution in [0.2, 0.25) is 5.02 Å². The lowest BCUT2D eigenvalue weighted by Crippen LogP contribution is -2.44. The summed E-state index contributed by atoms with van der Waals surface area (Å²) in [4.78, 5) is 19.7. The van der Waals surface area contributed by atoms with Gasteiger partial charge in [-0.25, -0.2) is 0 Å². The zero-order valence-corrected chi connectivity index (χ0v) is 20.2. The fourth-order valence-electron chi connectivity index (χ4n) is 4.14. The molecule has 6 heteroatoms. The van der Waals surface area contributed by atoms with Gasteiger partial charge in [0.05, 0.1) is 6.54 Å². The molecule has 4 rings (SSSR count). The summed E-state index contributed by atoms with van der Waals surface area (Å²) in [5, 5.41) is 0.692. The third kappa shape index (κ3) is 4.94. The van der Waals surface area contributed by atoms with Crippen LogP contribution in [0.15, 0.2) is 48.2 Å². The van der Waals surface area contributed by atoms with E-state index < -0.39 is 0 Å². The van der Waals surface area contributed by atoms with Crippen LogP contribution in [0.4, 0.5) is 11.4 Å². The Balaban J connectivity index is 1.60. The van der Waals surface area contributed by atoms with E-state index in [2.05, 4.69) is 49.8 Å². The minimum atomic E-state index is -0.112. The maximum atomic E-state index is 13.3. The van der Waals surface area contributed by atoms with E-state index in [9.17, 15) is 4.79 Å². The summed E-state index contributed by atoms with van der Waals surface area (Å²) in [5.41, 5.74) is 4.21. The van der Waals surface area contributed by atoms with Crippen LogP contribution < -0.4 is 9.80 Å². The highest BCUT2D eigenvalue weighted by molar-refractivity contribution is 6.31. The van der Waals surface area contributed by atoms with Crippen molar-refractivity contribution in [3.8, 4) is 0 Å². The topological polar surface area (TPSA) is 36.0 Å². The molecular formula is C26H32ClN3O2. The van der Waals surface area contributed by atoms with E-state index in [1.165, 1.54) is 5.56 Å². The maximum absolute atomic E-state index is 13.3. The number of halogens is 1. The smallest absolute Gasteiger partial charge is 0.293 e. The molecule has 0 bridgehead atoms. The molecule has 0 N–H and O–H groups in total. The first-order valence-corrected chi connectivity index (χ1v) is 11.6. The fraction of sp³-hybridized carbons (Fsp3) is 0.423. The molecule has 2 saturated heterocycles. The summed E-state index contributed by atoms with van der Waals surface area (Å²) < 4.78 is 5.82. The number of ether oxygens (including phenoxy) is 1. The van der Waals surface area contributed by atoms with Crippen LogP contribution in [0.1, 0.15) is 31.9 Å². The molecule has 2 aliphatic rings. The second-order valence-electron chi connectivity index (χ2n) is 9.60. The Bertz CT molecular complexity index is 1000. The van der Waals surface area contributed by atoms with Crippen molar-refractivity contribution in [2.45, 2.75) is 26.2 Å². The molecule has 0 unspecified atom stereocenters. The Morgan fingerprint density at radius 1 is 0.969 bits per heavy atom. The number of amides is 1. The summed E-state index contributed by atoms with van der Waals surface area (Å²) in [6, 6.07) is 14.1. The molecule has 2 fully saturated rings. The van der Waals surface area contributed by atoms with Gasteiger partial charge in [0.1, 0.15) is 6.61 Å². The average Bonchev–Trinajstić information content (AvgIpc) is 2.76. The number of rotatable bonds is 3. The van der Waals surface area contributed by atoms with Crippen LogP contribution in [-0.2, 0) is 14.9 Å². The van der Waals surface area contributed by atoms with E-state index in [0.29, 0.717) is 23.9 Å². The molecule has 2 heterocycles. The van der Waals surface area contributed by atoms with Gasteiger partial charge in [0.2, 0.25) is 0 Å². The Morgan fingerprint density at radius 2 is 1.66 bits per heavy atom. The summed E-state index contributed by atoms with van der Waals surface area (Å²) in [5.74, 6) is 0.257. The Hall–Kier alpha value is -2.50. The van der Waals surface area contributed by atoms with Gasteiger partial charge in [-0.2, -0.15) is 0 Å². The highest BCUT2D eigenvalue weighted by Crippen LogP contribution is 2.30. The molecule has 0 atom stereocenters. The Morgan fingerprint density at radius 3 is 2.31 bits per heavy atom. The molecule has 0 radical (unpaired) electrons. The SMILES string of the molecule is CN1CCN(c2cc(Cl)ccc2C=C2OCCN(c3ccc(C(C)(C)C)cc3)C2=O)CC1. The molecule has 0 saturated carbocycles. The molecule has 0 spiro atoms. The van der Waals surface area contributed by atoms with E-state index in [4.69, 9.17) is 16.3 Å². The predicted octanol–water partition coefficient (Wildman–Crippen LogP) is 4.79. The van der Waals surface area contributed by atoms with Crippen molar-refractivity contribution in [1.29, 1.82) is 0 Å². The van der Waals surface area contributed by atoms with E-state index in [1.54, 1.807) is 4.90 Å². The zero-order chi connectivity index (χ0) is 22.9. The summed E-state index contributed by atoms with van der Waals surface area (Å²) >= 11 is 6.32. The van der Waals surface area contributed by atoms with Crippen molar-refractivity contribution in [1.82, 2.24) is 4.90 Å². The third-order valence-corrected chi connectivity index (χ3v) is 6.43. The van der Waals surface area contributed by atoms with Gasteiger partial charge in [-0.15, -0.1) is 0 Å². The number of benzene rings is 2. The van der Waals surface area contributed by atoms with Gasteiger partial charge < -0.3 is 19.4 Å². The molecule has 2 aromatic carbocycles. The van der Waals surface area contributed by atoms with E-state index in [-0.39, 0.29) is 11.3 Å². The molecule has 32 heavy (non-hydrogen) atoms. The summed E-state index contributed by atoms with van der Waals surface area (Å²) in [6.45, 7) is 11.4. The van der Waals surface area contributed by atoms with Crippen molar-refractivity contribution in [3.05, 3.63) is 64.4 Å². The van der Waals surface area contributed by atoms with E-state index >= 15 is 0 Å². The zero-order valence-electron chi connectivity index (χ0n) is 19.4. The number of hydrogen-bond donors (Lipinski definition) is 0. The van der Waals surface area contributed by atoms with Gasteiger partial charge in [0.25, 0.3) is 5.91 Å². The van der Waals surface area contributed by atoms with Crippen LogP contribution in [-0.4, -0.2) is 57.2 Å². The van der Waals surface area contributed by atoms with Crippen molar-refractivity contribution < 1.29 is 9.53 Å². The lowest BCUT2D eigenvalue weighted by atomic mass is 9.87. The number of carbonyl (C=O) groups is 1. The normalized spacial score (nSPS) is 19.4. The van der Waals surface area contributed by atoms with Gasteiger partial charge >= 0.3 is 0 Å². The van der Waals surface area contributed by atoms with Crippen LogP contribution in [0.25, 0.3) is 6.08 Å². The fourth-order valence-corrected chi connectivity index (χ4v) is 4.30. The van der Waals surface area contributed by atoms with Crippen LogP contribution in [0.5, 0.6) is 0 Å². The van der Waals surface area contributed by atoms with Gasteiger partial charge in [0, 0.05) is 48.1 Å². The lowest BCUT2D eigenvalue weighted by molar-refractivity contribution is -0.120. The second-order valence-corrected chi connectivity index (χ2v) is 10.0. The molecule has 0 aliphatic carbocycles. The highest BCUT2D eigenvalue weighted by atomic mass is 35.5. The van der Waals surface area contributed by atoms with E-state index in [1.807, 2.05) is 36.4 Å². The average molecular weight is 454 g/mol.